The number of alkyl halides is 2. The molecule has 0 atom stereocenters. The van der Waals surface area contributed by atoms with Crippen LogP contribution in [-0.2, 0) is 0 Å². The molecule has 1 N–H and O–H groups in total. The van der Waals surface area contributed by atoms with Crippen molar-refractivity contribution in [1.29, 1.82) is 0 Å². The quantitative estimate of drug-likeness (QED) is 0.655. The molecule has 0 unspecified atom stereocenters. The second-order valence-electron chi connectivity index (χ2n) is 6.78. The topological polar surface area (TPSA) is 76.6 Å². The summed E-state index contributed by atoms with van der Waals surface area (Å²) in [6.07, 6.45) is 2.07. The summed E-state index contributed by atoms with van der Waals surface area (Å²) < 4.78 is 34.9. The molecule has 156 valence electrons. The average molecular weight is 414 g/mol. The van der Waals surface area contributed by atoms with E-state index >= 15 is 0 Å². The summed E-state index contributed by atoms with van der Waals surface area (Å²) >= 11 is 0. The number of para-hydroxylation sites is 2. The summed E-state index contributed by atoms with van der Waals surface area (Å²) in [5.74, 6) is 0.297. The van der Waals surface area contributed by atoms with Crippen molar-refractivity contribution in [3.8, 4) is 11.5 Å². The molecule has 4 rings (SSSR count). The Bertz CT molecular complexity index is 1070. The normalized spacial score (nSPS) is 13.7. The van der Waals surface area contributed by atoms with E-state index in [0.29, 0.717) is 17.2 Å². The van der Waals surface area contributed by atoms with Crippen molar-refractivity contribution in [1.82, 2.24) is 9.97 Å². The van der Waals surface area contributed by atoms with E-state index in [1.54, 1.807) is 0 Å². The first kappa shape index (κ1) is 19.8. The number of halogens is 2. The Balaban J connectivity index is 1.68. The predicted molar refractivity (Wildman–Crippen MR) is 109 cm³/mol. The Morgan fingerprint density at radius 3 is 2.43 bits per heavy atom. The Morgan fingerprint density at radius 2 is 1.77 bits per heavy atom. The van der Waals surface area contributed by atoms with Gasteiger partial charge in [0.1, 0.15) is 0 Å². The van der Waals surface area contributed by atoms with Gasteiger partial charge in [-0.05, 0) is 43.2 Å². The number of hydrogen-bond acceptors (Lipinski definition) is 6. The minimum Gasteiger partial charge on any atom is -0.493 e. The fourth-order valence-electron chi connectivity index (χ4n) is 3.41. The summed E-state index contributed by atoms with van der Waals surface area (Å²) in [6.45, 7) is -1.39. The first-order valence-corrected chi connectivity index (χ1v) is 9.51. The van der Waals surface area contributed by atoms with E-state index in [4.69, 9.17) is 9.72 Å². The van der Waals surface area contributed by atoms with Gasteiger partial charge in [-0.2, -0.15) is 8.78 Å². The van der Waals surface area contributed by atoms with Crippen LogP contribution in [0.5, 0.6) is 11.5 Å². The molecule has 1 saturated heterocycles. The van der Waals surface area contributed by atoms with Crippen molar-refractivity contribution in [2.24, 2.45) is 0 Å². The van der Waals surface area contributed by atoms with Crippen LogP contribution in [0, 0.1) is 0 Å². The lowest BCUT2D eigenvalue weighted by molar-refractivity contribution is -0.0512. The van der Waals surface area contributed by atoms with Gasteiger partial charge in [-0.1, -0.05) is 12.1 Å². The Hall–Kier alpha value is -3.49. The molecule has 0 saturated carbocycles. The number of amides is 1. The van der Waals surface area contributed by atoms with Gasteiger partial charge in [0.05, 0.1) is 18.1 Å². The molecule has 7 nitrogen and oxygen atoms in total. The number of hydrogen-bond donors (Lipinski definition) is 1. The SMILES string of the molecule is COc1ccc(C(=O)Nc2nc3ccccc3nc2N2CCCC2)cc1OC(F)F. The Morgan fingerprint density at radius 1 is 1.07 bits per heavy atom. The van der Waals surface area contributed by atoms with Crippen LogP contribution in [0.3, 0.4) is 0 Å². The molecular formula is C21H20F2N4O3. The predicted octanol–water partition coefficient (Wildman–Crippen LogP) is 4.09. The van der Waals surface area contributed by atoms with Crippen molar-refractivity contribution in [3.05, 3.63) is 48.0 Å². The number of aromatic nitrogens is 2. The van der Waals surface area contributed by atoms with Gasteiger partial charge in [-0.15, -0.1) is 0 Å². The lowest BCUT2D eigenvalue weighted by Gasteiger charge is -2.20. The van der Waals surface area contributed by atoms with Crippen LogP contribution >= 0.6 is 0 Å². The van der Waals surface area contributed by atoms with Crippen LogP contribution in [-0.4, -0.2) is 42.7 Å². The number of nitrogens with one attached hydrogen (secondary N) is 1. The second-order valence-corrected chi connectivity index (χ2v) is 6.78. The van der Waals surface area contributed by atoms with Gasteiger partial charge in [0.15, 0.2) is 23.1 Å². The molecule has 9 heteroatoms. The molecule has 1 amide bonds. The number of fused-ring (bicyclic) bond motifs is 1. The van der Waals surface area contributed by atoms with Crippen LogP contribution in [0.2, 0.25) is 0 Å². The third-order valence-corrected chi connectivity index (χ3v) is 4.83. The number of rotatable bonds is 6. The van der Waals surface area contributed by atoms with Gasteiger partial charge in [0.25, 0.3) is 5.91 Å². The van der Waals surface area contributed by atoms with Gasteiger partial charge in [0, 0.05) is 18.7 Å². The van der Waals surface area contributed by atoms with E-state index in [0.717, 1.165) is 31.4 Å². The highest BCUT2D eigenvalue weighted by molar-refractivity contribution is 6.06. The molecule has 2 heterocycles. The maximum atomic E-state index is 12.9. The van der Waals surface area contributed by atoms with E-state index in [2.05, 4.69) is 19.9 Å². The van der Waals surface area contributed by atoms with Crippen molar-refractivity contribution in [3.63, 3.8) is 0 Å². The summed E-state index contributed by atoms with van der Waals surface area (Å²) in [5.41, 5.74) is 1.51. The first-order chi connectivity index (χ1) is 14.5. The number of anilines is 2. The van der Waals surface area contributed by atoms with Gasteiger partial charge in [-0.25, -0.2) is 9.97 Å². The third-order valence-electron chi connectivity index (χ3n) is 4.83. The monoisotopic (exact) mass is 414 g/mol. The van der Waals surface area contributed by atoms with Crippen molar-refractivity contribution >= 4 is 28.6 Å². The lowest BCUT2D eigenvalue weighted by atomic mass is 10.2. The first-order valence-electron chi connectivity index (χ1n) is 9.51. The Labute approximate surface area is 171 Å². The molecule has 0 radical (unpaired) electrons. The van der Waals surface area contributed by atoms with Crippen LogP contribution in [0.1, 0.15) is 23.2 Å². The maximum absolute atomic E-state index is 12.9. The highest BCUT2D eigenvalue weighted by Crippen LogP contribution is 2.31. The number of benzene rings is 2. The minimum absolute atomic E-state index is 0.107. The highest BCUT2D eigenvalue weighted by Gasteiger charge is 2.22. The second kappa shape index (κ2) is 8.48. The van der Waals surface area contributed by atoms with Crippen molar-refractivity contribution < 1.29 is 23.0 Å². The molecule has 2 aromatic carbocycles. The molecule has 3 aromatic rings. The fraction of sp³-hybridized carbons (Fsp3) is 0.286. The maximum Gasteiger partial charge on any atom is 0.387 e. The van der Waals surface area contributed by atoms with Crippen LogP contribution < -0.4 is 19.7 Å². The number of carbonyl (C=O) groups excluding carboxylic acids is 1. The van der Waals surface area contributed by atoms with Gasteiger partial charge in [-0.3, -0.25) is 4.79 Å². The fourth-order valence-corrected chi connectivity index (χ4v) is 3.41. The number of ether oxygens (including phenoxy) is 2. The Kier molecular flexibility index (Phi) is 5.60. The van der Waals surface area contributed by atoms with Crippen molar-refractivity contribution in [2.75, 3.05) is 30.4 Å². The van der Waals surface area contributed by atoms with E-state index < -0.39 is 12.5 Å². The molecule has 1 aromatic heterocycles. The molecule has 30 heavy (non-hydrogen) atoms. The average Bonchev–Trinajstić information content (AvgIpc) is 3.27. The lowest BCUT2D eigenvalue weighted by Crippen LogP contribution is -2.23. The standard InChI is InChI=1S/C21H20F2N4O3/c1-29-16-9-8-13(12-17(16)30-21(22)23)20(28)26-18-19(27-10-4-5-11-27)25-15-7-3-2-6-14(15)24-18/h2-3,6-9,12,21H,4-5,10-11H2,1H3,(H,24,26,28). The van der Waals surface area contributed by atoms with E-state index in [9.17, 15) is 13.6 Å². The van der Waals surface area contributed by atoms with Gasteiger partial charge < -0.3 is 19.7 Å². The molecule has 1 aliphatic rings. The summed E-state index contributed by atoms with van der Waals surface area (Å²) in [7, 11) is 1.33. The molecule has 0 bridgehead atoms. The zero-order valence-corrected chi connectivity index (χ0v) is 16.3. The third kappa shape index (κ3) is 4.10. The van der Waals surface area contributed by atoms with Crippen LogP contribution in [0.25, 0.3) is 11.0 Å². The smallest absolute Gasteiger partial charge is 0.387 e. The molecule has 0 aliphatic carbocycles. The van der Waals surface area contributed by atoms with Crippen LogP contribution in [0.15, 0.2) is 42.5 Å². The van der Waals surface area contributed by atoms with E-state index in [1.807, 2.05) is 24.3 Å². The number of nitrogens with zero attached hydrogens (tertiary/aromatic N) is 3. The summed E-state index contributed by atoms with van der Waals surface area (Å²) in [5, 5.41) is 2.78. The molecule has 1 aliphatic heterocycles. The van der Waals surface area contributed by atoms with E-state index in [1.165, 1.54) is 25.3 Å². The van der Waals surface area contributed by atoms with Gasteiger partial charge >= 0.3 is 6.61 Å². The summed E-state index contributed by atoms with van der Waals surface area (Å²) in [4.78, 5) is 24.2. The molecular weight excluding hydrogens is 394 g/mol. The highest BCUT2D eigenvalue weighted by atomic mass is 19.3. The van der Waals surface area contributed by atoms with Crippen molar-refractivity contribution in [2.45, 2.75) is 19.5 Å². The molecule has 1 fully saturated rings. The van der Waals surface area contributed by atoms with Crippen LogP contribution in [0.4, 0.5) is 20.4 Å². The zero-order valence-electron chi connectivity index (χ0n) is 16.3. The summed E-state index contributed by atoms with van der Waals surface area (Å²) in [6, 6.07) is 11.5. The zero-order chi connectivity index (χ0) is 21.1. The number of methoxy groups -OCH3 is 1. The van der Waals surface area contributed by atoms with E-state index in [-0.39, 0.29) is 17.1 Å². The molecule has 0 spiro atoms. The van der Waals surface area contributed by atoms with Gasteiger partial charge in [0.2, 0.25) is 0 Å². The minimum atomic E-state index is -3.04. The number of carbonyl (C=O) groups is 1. The largest absolute Gasteiger partial charge is 0.493 e.